The van der Waals surface area contributed by atoms with Crippen molar-refractivity contribution in [3.8, 4) is 5.75 Å². The molecular formula is C10H13ClO4. The van der Waals surface area contributed by atoms with Crippen LogP contribution in [0, 0.1) is 0 Å². The molecule has 0 aliphatic rings. The number of halogens is 1. The van der Waals surface area contributed by atoms with Gasteiger partial charge in [0.05, 0.1) is 18.2 Å². The average Bonchev–Trinajstić information content (AvgIpc) is 2.26. The van der Waals surface area contributed by atoms with Crippen LogP contribution in [-0.2, 0) is 6.61 Å². The van der Waals surface area contributed by atoms with Gasteiger partial charge in [0.2, 0.25) is 0 Å². The Morgan fingerprint density at radius 3 is 2.67 bits per heavy atom. The Morgan fingerprint density at radius 2 is 2.07 bits per heavy atom. The molecule has 0 aliphatic carbocycles. The molecule has 0 fully saturated rings. The molecule has 4 nitrogen and oxygen atoms in total. The zero-order valence-corrected chi connectivity index (χ0v) is 8.81. The fourth-order valence-electron chi connectivity index (χ4n) is 1.07. The molecule has 0 radical (unpaired) electrons. The van der Waals surface area contributed by atoms with E-state index in [2.05, 4.69) is 0 Å². The maximum absolute atomic E-state index is 9.09. The first-order valence-electron chi connectivity index (χ1n) is 4.49. The topological polar surface area (TPSA) is 69.9 Å². The molecule has 1 rings (SSSR count). The van der Waals surface area contributed by atoms with E-state index in [0.29, 0.717) is 16.3 Å². The minimum Gasteiger partial charge on any atom is -0.489 e. The van der Waals surface area contributed by atoms with Crippen molar-refractivity contribution in [2.45, 2.75) is 12.7 Å². The lowest BCUT2D eigenvalue weighted by Crippen LogP contribution is -2.21. The van der Waals surface area contributed by atoms with Gasteiger partial charge in [-0.2, -0.15) is 0 Å². The second-order valence-corrected chi connectivity index (χ2v) is 3.44. The minimum atomic E-state index is -0.951. The van der Waals surface area contributed by atoms with Gasteiger partial charge in [-0.15, -0.1) is 0 Å². The van der Waals surface area contributed by atoms with Crippen LogP contribution in [0.15, 0.2) is 18.2 Å². The smallest absolute Gasteiger partial charge is 0.143 e. The second kappa shape index (κ2) is 5.92. The van der Waals surface area contributed by atoms with Crippen molar-refractivity contribution in [1.29, 1.82) is 0 Å². The summed E-state index contributed by atoms with van der Waals surface area (Å²) < 4.78 is 5.21. The fraction of sp³-hybridized carbons (Fsp3) is 0.400. The van der Waals surface area contributed by atoms with Gasteiger partial charge in [-0.05, 0) is 6.07 Å². The van der Waals surface area contributed by atoms with Gasteiger partial charge < -0.3 is 20.1 Å². The van der Waals surface area contributed by atoms with E-state index in [4.69, 9.17) is 31.7 Å². The molecule has 1 aromatic carbocycles. The van der Waals surface area contributed by atoms with E-state index in [-0.39, 0.29) is 19.8 Å². The van der Waals surface area contributed by atoms with Crippen molar-refractivity contribution in [3.05, 3.63) is 28.8 Å². The Bertz CT molecular complexity index is 316. The van der Waals surface area contributed by atoms with Gasteiger partial charge in [0.1, 0.15) is 18.5 Å². The first-order valence-corrected chi connectivity index (χ1v) is 4.86. The van der Waals surface area contributed by atoms with Crippen molar-refractivity contribution < 1.29 is 20.1 Å². The molecule has 0 aliphatic heterocycles. The lowest BCUT2D eigenvalue weighted by Gasteiger charge is -2.13. The minimum absolute atomic E-state index is 0.0623. The van der Waals surface area contributed by atoms with Gasteiger partial charge >= 0.3 is 0 Å². The summed E-state index contributed by atoms with van der Waals surface area (Å²) >= 11 is 5.85. The molecule has 1 unspecified atom stereocenters. The molecule has 15 heavy (non-hydrogen) atoms. The summed E-state index contributed by atoms with van der Waals surface area (Å²) in [6, 6.07) is 5.00. The zero-order valence-electron chi connectivity index (χ0n) is 8.06. The largest absolute Gasteiger partial charge is 0.489 e. The maximum Gasteiger partial charge on any atom is 0.143 e. The summed E-state index contributed by atoms with van der Waals surface area (Å²) in [5.41, 5.74) is 0.549. The molecule has 84 valence electrons. The highest BCUT2D eigenvalue weighted by atomic mass is 35.5. The number of rotatable bonds is 5. The van der Waals surface area contributed by atoms with Crippen LogP contribution in [0.1, 0.15) is 5.56 Å². The summed E-state index contributed by atoms with van der Waals surface area (Å²) in [4.78, 5) is 0. The van der Waals surface area contributed by atoms with Crippen LogP contribution in [0.4, 0.5) is 0 Å². The molecule has 3 N–H and O–H groups in total. The summed E-state index contributed by atoms with van der Waals surface area (Å²) in [7, 11) is 0. The third-order valence-electron chi connectivity index (χ3n) is 1.85. The highest BCUT2D eigenvalue weighted by Crippen LogP contribution is 2.28. The van der Waals surface area contributed by atoms with Crippen LogP contribution in [0.25, 0.3) is 0 Å². The zero-order chi connectivity index (χ0) is 11.3. The van der Waals surface area contributed by atoms with E-state index in [1.165, 1.54) is 0 Å². The Morgan fingerprint density at radius 1 is 1.33 bits per heavy atom. The molecule has 0 spiro atoms. The van der Waals surface area contributed by atoms with E-state index < -0.39 is 6.10 Å². The summed E-state index contributed by atoms with van der Waals surface area (Å²) in [5, 5.41) is 27.1. The van der Waals surface area contributed by atoms with Gasteiger partial charge in [0.25, 0.3) is 0 Å². The Balaban J connectivity index is 2.74. The van der Waals surface area contributed by atoms with E-state index in [0.717, 1.165) is 0 Å². The van der Waals surface area contributed by atoms with E-state index in [1.807, 2.05) is 0 Å². The summed E-state index contributed by atoms with van der Waals surface area (Å²) in [6.07, 6.45) is -0.951. The van der Waals surface area contributed by atoms with Crippen LogP contribution < -0.4 is 4.74 Å². The second-order valence-electron chi connectivity index (χ2n) is 3.03. The molecule has 0 aromatic heterocycles. The standard InChI is InChI=1S/C10H13ClO4/c11-9-3-1-2-7(4-12)10(9)15-6-8(14)5-13/h1-3,8,12-14H,4-6H2. The van der Waals surface area contributed by atoms with Crippen LogP contribution in [0.2, 0.25) is 5.02 Å². The third kappa shape index (κ3) is 3.35. The fourth-order valence-corrected chi connectivity index (χ4v) is 1.32. The number of hydrogen-bond acceptors (Lipinski definition) is 4. The average molecular weight is 233 g/mol. The van der Waals surface area contributed by atoms with Crippen LogP contribution in [-0.4, -0.2) is 34.6 Å². The van der Waals surface area contributed by atoms with Gasteiger partial charge in [-0.1, -0.05) is 23.7 Å². The number of para-hydroxylation sites is 1. The number of aliphatic hydroxyl groups is 3. The van der Waals surface area contributed by atoms with Crippen molar-refractivity contribution >= 4 is 11.6 Å². The first kappa shape index (κ1) is 12.3. The highest BCUT2D eigenvalue weighted by Gasteiger charge is 2.10. The van der Waals surface area contributed by atoms with Gasteiger partial charge in [-0.25, -0.2) is 0 Å². The Hall–Kier alpha value is -0.810. The molecule has 0 saturated heterocycles. The molecule has 0 amide bonds. The molecule has 1 atom stereocenters. The summed E-state index contributed by atoms with van der Waals surface area (Å²) in [5.74, 6) is 0.342. The lowest BCUT2D eigenvalue weighted by molar-refractivity contribution is 0.0529. The van der Waals surface area contributed by atoms with Crippen molar-refractivity contribution in [3.63, 3.8) is 0 Å². The first-order chi connectivity index (χ1) is 7.19. The van der Waals surface area contributed by atoms with Crippen molar-refractivity contribution in [1.82, 2.24) is 0 Å². The quantitative estimate of drug-likeness (QED) is 0.694. The molecule has 1 aromatic rings. The van der Waals surface area contributed by atoms with Gasteiger partial charge in [-0.3, -0.25) is 0 Å². The van der Waals surface area contributed by atoms with Crippen LogP contribution in [0.5, 0.6) is 5.75 Å². The van der Waals surface area contributed by atoms with Crippen molar-refractivity contribution in [2.75, 3.05) is 13.2 Å². The summed E-state index contributed by atoms with van der Waals surface area (Å²) in [6.45, 7) is -0.628. The molecule has 5 heteroatoms. The number of ether oxygens (including phenoxy) is 1. The van der Waals surface area contributed by atoms with E-state index in [9.17, 15) is 0 Å². The lowest BCUT2D eigenvalue weighted by atomic mass is 10.2. The van der Waals surface area contributed by atoms with Gasteiger partial charge in [0.15, 0.2) is 0 Å². The highest BCUT2D eigenvalue weighted by molar-refractivity contribution is 6.32. The maximum atomic E-state index is 9.09. The van der Waals surface area contributed by atoms with E-state index in [1.54, 1.807) is 18.2 Å². The Kier molecular flexibility index (Phi) is 4.84. The predicted octanol–water partition coefficient (Wildman–Crippen LogP) is 0.564. The monoisotopic (exact) mass is 232 g/mol. The van der Waals surface area contributed by atoms with E-state index >= 15 is 0 Å². The third-order valence-corrected chi connectivity index (χ3v) is 2.15. The molecule has 0 bridgehead atoms. The van der Waals surface area contributed by atoms with Crippen LogP contribution >= 0.6 is 11.6 Å². The number of benzene rings is 1. The number of hydrogen-bond donors (Lipinski definition) is 3. The van der Waals surface area contributed by atoms with Crippen LogP contribution in [0.3, 0.4) is 0 Å². The normalized spacial score (nSPS) is 12.5. The molecular weight excluding hydrogens is 220 g/mol. The van der Waals surface area contributed by atoms with Gasteiger partial charge in [0, 0.05) is 5.56 Å². The molecule has 0 saturated carbocycles. The Labute approximate surface area is 92.7 Å². The molecule has 0 heterocycles. The SMILES string of the molecule is OCc1cccc(Cl)c1OCC(O)CO. The number of aliphatic hydroxyl groups excluding tert-OH is 3. The van der Waals surface area contributed by atoms with Crippen molar-refractivity contribution in [2.24, 2.45) is 0 Å². The predicted molar refractivity (Wildman–Crippen MR) is 56.0 cm³/mol.